The van der Waals surface area contributed by atoms with E-state index in [1.165, 1.54) is 31.6 Å². The van der Waals surface area contributed by atoms with Crippen LogP contribution in [-0.2, 0) is 33.2 Å². The van der Waals surface area contributed by atoms with Crippen LogP contribution >= 0.6 is 0 Å². The molecule has 1 amide bonds. The summed E-state index contributed by atoms with van der Waals surface area (Å²) in [7, 11) is 3.00. The van der Waals surface area contributed by atoms with Gasteiger partial charge in [0.05, 0.1) is 6.54 Å². The first-order valence-corrected chi connectivity index (χ1v) is 10.6. The number of nitrogens with zero attached hydrogens (tertiary/aromatic N) is 1. The van der Waals surface area contributed by atoms with Gasteiger partial charge in [-0.05, 0) is 32.3 Å². The summed E-state index contributed by atoms with van der Waals surface area (Å²) in [5.41, 5.74) is 6.94. The molecule has 0 spiro atoms. The number of allylic oxidation sites excluding steroid dienone is 4. The lowest BCUT2D eigenvalue weighted by molar-refractivity contribution is -0.451. The summed E-state index contributed by atoms with van der Waals surface area (Å²) in [6.07, 6.45) is 8.10. The molecule has 5 atom stereocenters. The van der Waals surface area contributed by atoms with Gasteiger partial charge in [0.1, 0.15) is 18.5 Å². The number of hydrogen-bond donors (Lipinski definition) is 1. The Morgan fingerprint density at radius 2 is 1.94 bits per heavy atom. The van der Waals surface area contributed by atoms with Crippen LogP contribution in [0.3, 0.4) is 0 Å². The second-order valence-electron chi connectivity index (χ2n) is 8.14. The monoisotopic (exact) mass is 450 g/mol. The van der Waals surface area contributed by atoms with E-state index in [4.69, 9.17) is 38.9 Å². The number of rotatable bonds is 6. The zero-order valence-corrected chi connectivity index (χ0v) is 18.7. The summed E-state index contributed by atoms with van der Waals surface area (Å²) < 4.78 is 40.5. The van der Waals surface area contributed by atoms with E-state index in [9.17, 15) is 4.79 Å². The summed E-state index contributed by atoms with van der Waals surface area (Å²) in [5, 5.41) is 0. The van der Waals surface area contributed by atoms with Gasteiger partial charge in [-0.3, -0.25) is 0 Å². The van der Waals surface area contributed by atoms with Gasteiger partial charge in [0.25, 0.3) is 0 Å². The number of cyclic esters (lactones) is 1. The molecular formula is C22H30N2O8. The van der Waals surface area contributed by atoms with E-state index >= 15 is 0 Å². The first-order valence-electron chi connectivity index (χ1n) is 10.6. The van der Waals surface area contributed by atoms with Crippen molar-refractivity contribution >= 4 is 6.09 Å². The second-order valence-corrected chi connectivity index (χ2v) is 8.14. The van der Waals surface area contributed by atoms with Crippen LogP contribution in [0.2, 0.25) is 0 Å². The molecule has 0 unspecified atom stereocenters. The van der Waals surface area contributed by atoms with Crippen LogP contribution in [0.5, 0.6) is 0 Å². The van der Waals surface area contributed by atoms with Crippen LogP contribution < -0.4 is 5.73 Å². The van der Waals surface area contributed by atoms with Crippen LogP contribution in [0.25, 0.3) is 0 Å². The lowest BCUT2D eigenvalue weighted by Crippen LogP contribution is -2.68. The van der Waals surface area contributed by atoms with Crippen molar-refractivity contribution in [2.45, 2.75) is 56.6 Å². The number of amides is 1. The lowest BCUT2D eigenvalue weighted by Gasteiger charge is -2.52. The zero-order chi connectivity index (χ0) is 22.9. The largest absolute Gasteiger partial charge is 0.463 e. The molecule has 0 aromatic rings. The molecule has 0 aromatic heterocycles. The number of nitrogens with two attached hydrogens (primary N) is 1. The van der Waals surface area contributed by atoms with E-state index < -0.39 is 36.0 Å². The molecule has 2 saturated heterocycles. The number of carbonyl (C=O) groups is 1. The summed E-state index contributed by atoms with van der Waals surface area (Å²) in [6.45, 7) is 3.71. The molecule has 0 saturated carbocycles. The third kappa shape index (κ3) is 3.93. The summed E-state index contributed by atoms with van der Waals surface area (Å²) in [4.78, 5) is 14.1. The highest BCUT2D eigenvalue weighted by atomic mass is 16.8. The van der Waals surface area contributed by atoms with E-state index in [-0.39, 0.29) is 19.0 Å². The molecule has 0 bridgehead atoms. The fourth-order valence-electron chi connectivity index (χ4n) is 4.09. The van der Waals surface area contributed by atoms with Crippen molar-refractivity contribution in [1.82, 2.24) is 4.90 Å². The maximum Gasteiger partial charge on any atom is 0.417 e. The van der Waals surface area contributed by atoms with E-state index in [1.807, 2.05) is 12.2 Å². The maximum absolute atomic E-state index is 12.7. The zero-order valence-electron chi connectivity index (χ0n) is 18.7. The van der Waals surface area contributed by atoms with Crippen molar-refractivity contribution in [3.05, 3.63) is 48.0 Å². The Morgan fingerprint density at radius 1 is 1.19 bits per heavy atom. The third-order valence-corrected chi connectivity index (χ3v) is 6.30. The molecule has 10 nitrogen and oxygen atoms in total. The van der Waals surface area contributed by atoms with Crippen LogP contribution in [0.1, 0.15) is 26.7 Å². The lowest BCUT2D eigenvalue weighted by atomic mass is 10.00. The Bertz CT molecular complexity index is 868. The first-order chi connectivity index (χ1) is 15.3. The highest BCUT2D eigenvalue weighted by Crippen LogP contribution is 2.41. The Balaban J connectivity index is 1.49. The minimum Gasteiger partial charge on any atom is -0.463 e. The van der Waals surface area contributed by atoms with Gasteiger partial charge < -0.3 is 38.9 Å². The quantitative estimate of drug-likeness (QED) is 0.651. The molecular weight excluding hydrogens is 420 g/mol. The van der Waals surface area contributed by atoms with Crippen molar-refractivity contribution in [3.8, 4) is 0 Å². The standard InChI is InChI=1S/C22H30N2O8/c1-21(26-3)22(2,27-4)32-19(15(10-23)31-21)16-11-24(20(25)30-16)18-13-28-12-17(29-18)14-8-6-5-7-9-14/h5-6,8,12-13,15-16,19H,7,9-11,23H2,1-4H3/t15-,16-,19+,21+,22+/m0/s1. The average Bonchev–Trinajstić information content (AvgIpc) is 3.22. The van der Waals surface area contributed by atoms with Crippen molar-refractivity contribution in [3.63, 3.8) is 0 Å². The molecule has 2 N–H and O–H groups in total. The van der Waals surface area contributed by atoms with Gasteiger partial charge in [0.2, 0.25) is 17.5 Å². The molecule has 0 radical (unpaired) electrons. The number of ether oxygens (including phenoxy) is 7. The molecule has 176 valence electrons. The normalized spacial score (nSPS) is 37.2. The fourth-order valence-corrected chi connectivity index (χ4v) is 4.09. The van der Waals surface area contributed by atoms with Gasteiger partial charge in [-0.25, -0.2) is 9.69 Å². The van der Waals surface area contributed by atoms with E-state index in [2.05, 4.69) is 6.08 Å². The molecule has 0 aromatic carbocycles. The van der Waals surface area contributed by atoms with Crippen LogP contribution in [0.4, 0.5) is 4.79 Å². The van der Waals surface area contributed by atoms with Gasteiger partial charge in [-0.1, -0.05) is 18.2 Å². The molecule has 32 heavy (non-hydrogen) atoms. The van der Waals surface area contributed by atoms with Gasteiger partial charge in [0, 0.05) is 20.8 Å². The third-order valence-electron chi connectivity index (χ3n) is 6.30. The topological polar surface area (TPSA) is 111 Å². The number of hydrogen-bond acceptors (Lipinski definition) is 9. The minimum atomic E-state index is -1.25. The second kappa shape index (κ2) is 8.87. The predicted octanol–water partition coefficient (Wildman–Crippen LogP) is 2.24. The Labute approximate surface area is 187 Å². The number of methoxy groups -OCH3 is 2. The molecule has 3 heterocycles. The predicted molar refractivity (Wildman–Crippen MR) is 111 cm³/mol. The SMILES string of the molecule is CO[C@]1(C)O[C@@H]([C@@H]2CN(C3=COC=C(C4=CC=CCC4)O3)C(=O)O2)[C@H](CN)O[C@@]1(C)OC. The fraction of sp³-hybridized carbons (Fsp3) is 0.591. The molecule has 1 aliphatic carbocycles. The first kappa shape index (κ1) is 22.8. The van der Waals surface area contributed by atoms with Crippen molar-refractivity contribution in [1.29, 1.82) is 0 Å². The highest BCUT2D eigenvalue weighted by molar-refractivity contribution is 5.72. The summed E-state index contributed by atoms with van der Waals surface area (Å²) in [5.74, 6) is -1.65. The Morgan fingerprint density at radius 3 is 2.59 bits per heavy atom. The summed E-state index contributed by atoms with van der Waals surface area (Å²) >= 11 is 0. The van der Waals surface area contributed by atoms with Crippen molar-refractivity contribution < 1.29 is 38.0 Å². The average molecular weight is 450 g/mol. The smallest absolute Gasteiger partial charge is 0.417 e. The molecule has 4 aliphatic rings. The van der Waals surface area contributed by atoms with Crippen molar-refractivity contribution in [2.75, 3.05) is 27.3 Å². The van der Waals surface area contributed by atoms with E-state index in [1.54, 1.807) is 13.8 Å². The van der Waals surface area contributed by atoms with Crippen LogP contribution in [0, 0.1) is 0 Å². The van der Waals surface area contributed by atoms with Crippen molar-refractivity contribution in [2.24, 2.45) is 5.73 Å². The number of carbonyl (C=O) groups excluding carboxylic acids is 1. The van der Waals surface area contributed by atoms with Gasteiger partial charge in [0.15, 0.2) is 18.1 Å². The van der Waals surface area contributed by atoms with Gasteiger partial charge in [-0.2, -0.15) is 0 Å². The maximum atomic E-state index is 12.7. The Hall–Kier alpha value is -2.37. The summed E-state index contributed by atoms with van der Waals surface area (Å²) in [6, 6.07) is 0. The van der Waals surface area contributed by atoms with Gasteiger partial charge in [-0.15, -0.1) is 0 Å². The van der Waals surface area contributed by atoms with Crippen LogP contribution in [0.15, 0.2) is 48.0 Å². The minimum absolute atomic E-state index is 0.133. The molecule has 2 fully saturated rings. The highest BCUT2D eigenvalue weighted by Gasteiger charge is 2.59. The molecule has 10 heteroatoms. The molecule has 4 rings (SSSR count). The molecule has 3 aliphatic heterocycles. The van der Waals surface area contributed by atoms with E-state index in [0.29, 0.717) is 5.76 Å². The van der Waals surface area contributed by atoms with E-state index in [0.717, 1.165) is 18.4 Å². The van der Waals surface area contributed by atoms with Gasteiger partial charge >= 0.3 is 6.09 Å². The Kier molecular flexibility index (Phi) is 6.33. The van der Waals surface area contributed by atoms with Crippen LogP contribution in [-0.4, -0.2) is 68.2 Å².